The summed E-state index contributed by atoms with van der Waals surface area (Å²) in [6.45, 7) is 3.82. The van der Waals surface area contributed by atoms with Gasteiger partial charge >= 0.3 is 0 Å². The van der Waals surface area contributed by atoms with Gasteiger partial charge in [0.25, 0.3) is 0 Å². The van der Waals surface area contributed by atoms with Gasteiger partial charge in [0.05, 0.1) is 11.9 Å². The number of nitrogens with one attached hydrogen (secondary N) is 1. The molecular formula is C10H13ClN2O. The molecule has 4 heteroatoms. The highest BCUT2D eigenvalue weighted by molar-refractivity contribution is 6.30. The second-order valence-electron chi connectivity index (χ2n) is 3.13. The normalized spacial score (nSPS) is 9.93. The van der Waals surface area contributed by atoms with Crippen molar-refractivity contribution in [2.45, 2.75) is 26.7 Å². The molecular weight excluding hydrogens is 200 g/mol. The molecule has 0 aliphatic heterocycles. The minimum absolute atomic E-state index is 0.0102. The SMILES string of the molecule is CCCC(=O)Nc1cnc(Cl)c(C)c1. The lowest BCUT2D eigenvalue weighted by Gasteiger charge is -2.05. The van der Waals surface area contributed by atoms with Crippen LogP contribution in [0.1, 0.15) is 25.3 Å². The molecule has 14 heavy (non-hydrogen) atoms. The van der Waals surface area contributed by atoms with E-state index in [1.807, 2.05) is 19.9 Å². The van der Waals surface area contributed by atoms with Gasteiger partial charge in [-0.15, -0.1) is 0 Å². The van der Waals surface area contributed by atoms with Crippen molar-refractivity contribution >= 4 is 23.2 Å². The van der Waals surface area contributed by atoms with Crippen LogP contribution in [0.3, 0.4) is 0 Å². The number of hydrogen-bond donors (Lipinski definition) is 1. The second-order valence-corrected chi connectivity index (χ2v) is 3.49. The van der Waals surface area contributed by atoms with Crippen LogP contribution in [0.2, 0.25) is 5.15 Å². The lowest BCUT2D eigenvalue weighted by atomic mass is 10.2. The summed E-state index contributed by atoms with van der Waals surface area (Å²) in [5, 5.41) is 3.22. The molecule has 0 fully saturated rings. The van der Waals surface area contributed by atoms with E-state index in [4.69, 9.17) is 11.6 Å². The predicted octanol–water partition coefficient (Wildman–Crippen LogP) is 2.78. The number of carbonyl (C=O) groups excluding carboxylic acids is 1. The second kappa shape index (κ2) is 4.96. The van der Waals surface area contributed by atoms with Crippen molar-refractivity contribution in [2.75, 3.05) is 5.32 Å². The van der Waals surface area contributed by atoms with Crippen molar-refractivity contribution in [1.82, 2.24) is 4.98 Å². The summed E-state index contributed by atoms with van der Waals surface area (Å²) in [5.41, 5.74) is 1.56. The first-order chi connectivity index (χ1) is 6.63. The Hall–Kier alpha value is -1.09. The van der Waals surface area contributed by atoms with E-state index >= 15 is 0 Å². The van der Waals surface area contributed by atoms with Crippen LogP contribution in [0.15, 0.2) is 12.3 Å². The minimum atomic E-state index is 0.0102. The Morgan fingerprint density at radius 3 is 2.93 bits per heavy atom. The van der Waals surface area contributed by atoms with Gasteiger partial charge in [-0.3, -0.25) is 4.79 Å². The number of pyridine rings is 1. The molecule has 0 saturated heterocycles. The van der Waals surface area contributed by atoms with Crippen LogP contribution in [0.5, 0.6) is 0 Å². The molecule has 1 N–H and O–H groups in total. The molecule has 3 nitrogen and oxygen atoms in total. The molecule has 0 saturated carbocycles. The fourth-order valence-electron chi connectivity index (χ4n) is 1.08. The molecule has 0 atom stereocenters. The number of hydrogen-bond acceptors (Lipinski definition) is 2. The molecule has 0 aromatic carbocycles. The van der Waals surface area contributed by atoms with Crippen LogP contribution in [0, 0.1) is 6.92 Å². The quantitative estimate of drug-likeness (QED) is 0.783. The Morgan fingerprint density at radius 1 is 1.64 bits per heavy atom. The Balaban J connectivity index is 2.68. The number of amides is 1. The van der Waals surface area contributed by atoms with Gasteiger partial charge in [-0.05, 0) is 25.0 Å². The van der Waals surface area contributed by atoms with Gasteiger partial charge in [-0.2, -0.15) is 0 Å². The molecule has 0 aliphatic carbocycles. The maximum Gasteiger partial charge on any atom is 0.224 e. The first-order valence-electron chi connectivity index (χ1n) is 4.55. The largest absolute Gasteiger partial charge is 0.325 e. The molecule has 76 valence electrons. The Labute approximate surface area is 88.5 Å². The number of carbonyl (C=O) groups is 1. The minimum Gasteiger partial charge on any atom is -0.325 e. The number of halogens is 1. The topological polar surface area (TPSA) is 42.0 Å². The van der Waals surface area contributed by atoms with Crippen molar-refractivity contribution < 1.29 is 4.79 Å². The number of nitrogens with zero attached hydrogens (tertiary/aromatic N) is 1. The molecule has 1 rings (SSSR count). The third-order valence-corrected chi connectivity index (χ3v) is 2.17. The van der Waals surface area contributed by atoms with Crippen LogP contribution in [0.25, 0.3) is 0 Å². The molecule has 1 heterocycles. The highest BCUT2D eigenvalue weighted by atomic mass is 35.5. The van der Waals surface area contributed by atoms with Crippen LogP contribution in [-0.4, -0.2) is 10.9 Å². The van der Waals surface area contributed by atoms with E-state index < -0.39 is 0 Å². The summed E-state index contributed by atoms with van der Waals surface area (Å²) in [4.78, 5) is 15.2. The summed E-state index contributed by atoms with van der Waals surface area (Å²) in [7, 11) is 0. The first-order valence-corrected chi connectivity index (χ1v) is 4.93. The molecule has 1 aromatic rings. The molecule has 0 spiro atoms. The molecule has 0 unspecified atom stereocenters. The predicted molar refractivity (Wildman–Crippen MR) is 57.5 cm³/mol. The van der Waals surface area contributed by atoms with Gasteiger partial charge < -0.3 is 5.32 Å². The third kappa shape index (κ3) is 3.00. The van der Waals surface area contributed by atoms with E-state index in [0.29, 0.717) is 17.3 Å². The molecule has 0 radical (unpaired) electrons. The van der Waals surface area contributed by atoms with Crippen molar-refractivity contribution in [3.63, 3.8) is 0 Å². The van der Waals surface area contributed by atoms with E-state index in [2.05, 4.69) is 10.3 Å². The summed E-state index contributed by atoms with van der Waals surface area (Å²) in [6, 6.07) is 1.81. The van der Waals surface area contributed by atoms with E-state index in [-0.39, 0.29) is 5.91 Å². The Morgan fingerprint density at radius 2 is 2.36 bits per heavy atom. The van der Waals surface area contributed by atoms with Crippen molar-refractivity contribution in [3.8, 4) is 0 Å². The number of rotatable bonds is 3. The lowest BCUT2D eigenvalue weighted by molar-refractivity contribution is -0.116. The zero-order chi connectivity index (χ0) is 10.6. The lowest BCUT2D eigenvalue weighted by Crippen LogP contribution is -2.10. The number of aryl methyl sites for hydroxylation is 1. The number of anilines is 1. The summed E-state index contributed by atoms with van der Waals surface area (Å²) in [6.07, 6.45) is 2.93. The third-order valence-electron chi connectivity index (χ3n) is 1.78. The van der Waals surface area contributed by atoms with Crippen molar-refractivity contribution in [1.29, 1.82) is 0 Å². The molecule has 1 amide bonds. The van der Waals surface area contributed by atoms with Crippen LogP contribution < -0.4 is 5.32 Å². The molecule has 0 aliphatic rings. The van der Waals surface area contributed by atoms with Gasteiger partial charge in [-0.25, -0.2) is 4.98 Å². The fourth-order valence-corrected chi connectivity index (χ4v) is 1.18. The van der Waals surface area contributed by atoms with Crippen LogP contribution in [0.4, 0.5) is 5.69 Å². The van der Waals surface area contributed by atoms with Gasteiger partial charge in [0.15, 0.2) is 0 Å². The highest BCUT2D eigenvalue weighted by Crippen LogP contribution is 2.16. The summed E-state index contributed by atoms with van der Waals surface area (Å²) < 4.78 is 0. The van der Waals surface area contributed by atoms with Crippen molar-refractivity contribution in [3.05, 3.63) is 23.0 Å². The monoisotopic (exact) mass is 212 g/mol. The van der Waals surface area contributed by atoms with Gasteiger partial charge in [0.2, 0.25) is 5.91 Å². The van der Waals surface area contributed by atoms with Crippen molar-refractivity contribution in [2.24, 2.45) is 0 Å². The van der Waals surface area contributed by atoms with E-state index in [1.165, 1.54) is 0 Å². The zero-order valence-electron chi connectivity index (χ0n) is 8.30. The molecule has 1 aromatic heterocycles. The fraction of sp³-hybridized carbons (Fsp3) is 0.400. The standard InChI is InChI=1S/C10H13ClN2O/c1-3-4-9(14)13-8-5-7(2)10(11)12-6-8/h5-6H,3-4H2,1-2H3,(H,13,14). The van der Waals surface area contributed by atoms with E-state index in [1.54, 1.807) is 6.20 Å². The van der Waals surface area contributed by atoms with Gasteiger partial charge in [-0.1, -0.05) is 18.5 Å². The van der Waals surface area contributed by atoms with E-state index in [9.17, 15) is 4.79 Å². The average molecular weight is 213 g/mol. The first kappa shape index (κ1) is 11.0. The smallest absolute Gasteiger partial charge is 0.224 e. The summed E-state index contributed by atoms with van der Waals surface area (Å²) in [5.74, 6) is 0.0102. The Kier molecular flexibility index (Phi) is 3.89. The molecule has 0 bridgehead atoms. The maximum atomic E-state index is 11.2. The average Bonchev–Trinajstić information content (AvgIpc) is 2.12. The highest BCUT2D eigenvalue weighted by Gasteiger charge is 2.02. The van der Waals surface area contributed by atoms with Crippen LogP contribution in [-0.2, 0) is 4.79 Å². The number of aromatic nitrogens is 1. The maximum absolute atomic E-state index is 11.2. The van der Waals surface area contributed by atoms with E-state index in [0.717, 1.165) is 12.0 Å². The Bertz CT molecular complexity index is 339. The zero-order valence-corrected chi connectivity index (χ0v) is 9.06. The van der Waals surface area contributed by atoms with Crippen LogP contribution >= 0.6 is 11.6 Å². The summed E-state index contributed by atoms with van der Waals surface area (Å²) >= 11 is 5.75. The van der Waals surface area contributed by atoms with Gasteiger partial charge in [0, 0.05) is 6.42 Å². The van der Waals surface area contributed by atoms with Gasteiger partial charge in [0.1, 0.15) is 5.15 Å².